The summed E-state index contributed by atoms with van der Waals surface area (Å²) in [6, 6.07) is 4.87. The number of likely N-dealkylation sites (tertiary alicyclic amines) is 1. The number of benzene rings is 1. The summed E-state index contributed by atoms with van der Waals surface area (Å²) in [7, 11) is 1.74. The molecule has 2 aliphatic heterocycles. The molecule has 276 valence electrons. The fourth-order valence-corrected chi connectivity index (χ4v) is 6.02. The van der Waals surface area contributed by atoms with Crippen molar-refractivity contribution in [3.8, 4) is 11.6 Å². The number of piperazine rings is 1. The molecule has 1 aliphatic carbocycles. The molecule has 2 saturated heterocycles. The molecule has 3 aliphatic rings. The normalized spacial score (nSPS) is 18.1. The SMILES string of the molecule is CCOC(=O)ON1CCN(C(=O)[C@H](CCC(=O)O)NC(=O)c2cc(OCC(=O)N3CCC[C@H]3C(=O)N(C)C3CC3)n(-c3cccc(F)c3)n2)CC1. The lowest BCUT2D eigenvalue weighted by Gasteiger charge is -2.35. The summed E-state index contributed by atoms with van der Waals surface area (Å²) in [5.74, 6) is -3.81. The number of aromatic nitrogens is 2. The van der Waals surface area contributed by atoms with Gasteiger partial charge in [-0.05, 0) is 57.2 Å². The lowest BCUT2D eigenvalue weighted by molar-refractivity contribution is -0.157. The smallest absolute Gasteiger partial charge is 0.481 e. The van der Waals surface area contributed by atoms with Gasteiger partial charge in [0, 0.05) is 45.2 Å². The predicted molar refractivity (Wildman–Crippen MR) is 174 cm³/mol. The molecule has 3 fully saturated rings. The zero-order valence-electron chi connectivity index (χ0n) is 28.5. The van der Waals surface area contributed by atoms with E-state index in [4.69, 9.17) is 14.3 Å². The van der Waals surface area contributed by atoms with E-state index in [1.807, 2.05) is 0 Å². The Kier molecular flexibility index (Phi) is 12.1. The van der Waals surface area contributed by atoms with Gasteiger partial charge in [-0.2, -0.15) is 5.10 Å². The van der Waals surface area contributed by atoms with Crippen molar-refractivity contribution in [1.82, 2.24) is 34.9 Å². The van der Waals surface area contributed by atoms with Gasteiger partial charge in [0.25, 0.3) is 11.8 Å². The van der Waals surface area contributed by atoms with Gasteiger partial charge < -0.3 is 39.4 Å². The molecule has 2 atom stereocenters. The Hall–Kier alpha value is -5.26. The fourth-order valence-electron chi connectivity index (χ4n) is 6.02. The number of hydroxylamine groups is 2. The minimum absolute atomic E-state index is 0.0811. The second kappa shape index (κ2) is 16.6. The molecule has 17 nitrogen and oxygen atoms in total. The van der Waals surface area contributed by atoms with Crippen LogP contribution < -0.4 is 10.1 Å². The maximum absolute atomic E-state index is 14.2. The number of carbonyl (C=O) groups is 6. The molecule has 1 aromatic carbocycles. The number of carboxylic acid groups (broad SMARTS) is 1. The highest BCUT2D eigenvalue weighted by Gasteiger charge is 2.40. The predicted octanol–water partition coefficient (Wildman–Crippen LogP) is 1.20. The molecule has 2 N–H and O–H groups in total. The van der Waals surface area contributed by atoms with E-state index >= 15 is 0 Å². The number of hydrogen-bond acceptors (Lipinski definition) is 11. The number of nitrogens with one attached hydrogen (secondary N) is 1. The minimum atomic E-state index is -1.25. The van der Waals surface area contributed by atoms with E-state index in [0.29, 0.717) is 19.4 Å². The Morgan fingerprint density at radius 3 is 2.47 bits per heavy atom. The highest BCUT2D eigenvalue weighted by Crippen LogP contribution is 2.29. The molecule has 0 bridgehead atoms. The van der Waals surface area contributed by atoms with Gasteiger partial charge in [0.05, 0.1) is 25.4 Å². The molecule has 1 saturated carbocycles. The third kappa shape index (κ3) is 9.50. The first-order valence-electron chi connectivity index (χ1n) is 16.9. The number of carboxylic acids is 1. The Morgan fingerprint density at radius 1 is 1.06 bits per heavy atom. The average Bonchev–Trinajstić information content (AvgIpc) is 3.67. The lowest BCUT2D eigenvalue weighted by atomic mass is 10.1. The van der Waals surface area contributed by atoms with E-state index in [-0.39, 0.29) is 68.4 Å². The van der Waals surface area contributed by atoms with Crippen LogP contribution in [0.4, 0.5) is 9.18 Å². The summed E-state index contributed by atoms with van der Waals surface area (Å²) >= 11 is 0. The number of carbonyl (C=O) groups excluding carboxylic acids is 5. The second-order valence-electron chi connectivity index (χ2n) is 12.5. The van der Waals surface area contributed by atoms with Crippen LogP contribution in [0.2, 0.25) is 0 Å². The molecule has 1 aromatic heterocycles. The third-order valence-corrected chi connectivity index (χ3v) is 8.87. The van der Waals surface area contributed by atoms with Gasteiger partial charge in [0.1, 0.15) is 17.9 Å². The van der Waals surface area contributed by atoms with E-state index in [1.54, 1.807) is 18.9 Å². The van der Waals surface area contributed by atoms with Crippen molar-refractivity contribution in [2.24, 2.45) is 0 Å². The van der Waals surface area contributed by atoms with E-state index in [9.17, 15) is 38.3 Å². The van der Waals surface area contributed by atoms with Gasteiger partial charge in [-0.25, -0.2) is 13.9 Å². The summed E-state index contributed by atoms with van der Waals surface area (Å²) in [6.07, 6.45) is 1.54. The van der Waals surface area contributed by atoms with Gasteiger partial charge in [-0.3, -0.25) is 24.0 Å². The van der Waals surface area contributed by atoms with Crippen molar-refractivity contribution < 1.29 is 52.6 Å². The Bertz CT molecular complexity index is 1620. The van der Waals surface area contributed by atoms with Crippen molar-refractivity contribution in [3.05, 3.63) is 41.8 Å². The Morgan fingerprint density at radius 2 is 1.80 bits per heavy atom. The van der Waals surface area contributed by atoms with Crippen LogP contribution in [-0.2, 0) is 28.8 Å². The summed E-state index contributed by atoms with van der Waals surface area (Å²) in [6.45, 7) is 2.21. The van der Waals surface area contributed by atoms with Crippen molar-refractivity contribution in [3.63, 3.8) is 0 Å². The van der Waals surface area contributed by atoms with Gasteiger partial charge in [0.15, 0.2) is 12.3 Å². The third-order valence-electron chi connectivity index (χ3n) is 8.87. The van der Waals surface area contributed by atoms with Crippen molar-refractivity contribution in [2.75, 3.05) is 53.0 Å². The number of amides is 4. The molecule has 0 spiro atoms. The first-order valence-corrected chi connectivity index (χ1v) is 16.9. The number of rotatable bonds is 14. The van der Waals surface area contributed by atoms with Crippen molar-refractivity contribution in [2.45, 2.75) is 63.6 Å². The molecule has 3 heterocycles. The van der Waals surface area contributed by atoms with E-state index in [2.05, 4.69) is 10.4 Å². The molecule has 0 radical (unpaired) electrons. The van der Waals surface area contributed by atoms with Crippen LogP contribution in [0.3, 0.4) is 0 Å². The van der Waals surface area contributed by atoms with Crippen LogP contribution in [0.5, 0.6) is 5.88 Å². The monoisotopic (exact) mass is 715 g/mol. The van der Waals surface area contributed by atoms with E-state index < -0.39 is 60.8 Å². The number of aliphatic carboxylic acids is 1. The summed E-state index contributed by atoms with van der Waals surface area (Å²) in [5, 5.41) is 17.5. The molecular weight excluding hydrogens is 673 g/mol. The Labute approximate surface area is 293 Å². The quantitative estimate of drug-likeness (QED) is 0.266. The number of halogens is 1. The lowest BCUT2D eigenvalue weighted by Crippen LogP contribution is -2.55. The largest absolute Gasteiger partial charge is 0.527 e. The maximum atomic E-state index is 14.2. The molecule has 2 aromatic rings. The second-order valence-corrected chi connectivity index (χ2v) is 12.5. The van der Waals surface area contributed by atoms with Gasteiger partial charge >= 0.3 is 12.1 Å². The van der Waals surface area contributed by atoms with Gasteiger partial charge in [-0.15, -0.1) is 5.06 Å². The first-order chi connectivity index (χ1) is 24.4. The van der Waals surface area contributed by atoms with Crippen LogP contribution >= 0.6 is 0 Å². The molecule has 18 heteroatoms. The molecule has 51 heavy (non-hydrogen) atoms. The number of ether oxygens (including phenoxy) is 2. The van der Waals surface area contributed by atoms with Gasteiger partial charge in [0.2, 0.25) is 17.7 Å². The van der Waals surface area contributed by atoms with E-state index in [1.165, 1.54) is 39.1 Å². The standard InChI is InChI=1S/C33H42FN7O10/c1-3-49-33(48)51-39-16-14-38(15-17-39)31(46)24(11-12-29(43)44)35-30(45)25-19-28(41(36-25)23-7-4-6-21(34)18-23)50-20-27(42)40-13-5-8-26(40)32(47)37(2)22-9-10-22/h4,6-7,18-19,22,24,26H,3,5,8-17,20H2,1-2H3,(H,35,45)(H,43,44)/t24-,26-/m0/s1. The zero-order valence-corrected chi connectivity index (χ0v) is 28.5. The van der Waals surface area contributed by atoms with Crippen molar-refractivity contribution in [1.29, 1.82) is 0 Å². The first kappa shape index (κ1) is 37.0. The number of hydrogen-bond donors (Lipinski definition) is 2. The molecule has 4 amide bonds. The zero-order chi connectivity index (χ0) is 36.7. The highest BCUT2D eigenvalue weighted by atomic mass is 19.1. The fraction of sp³-hybridized carbons (Fsp3) is 0.545. The van der Waals surface area contributed by atoms with Crippen LogP contribution in [-0.4, -0.2) is 142 Å². The van der Waals surface area contributed by atoms with Crippen molar-refractivity contribution >= 4 is 35.8 Å². The van der Waals surface area contributed by atoms with Crippen LogP contribution in [0.25, 0.3) is 5.69 Å². The maximum Gasteiger partial charge on any atom is 0.527 e. The summed E-state index contributed by atoms with van der Waals surface area (Å²) in [4.78, 5) is 86.2. The van der Waals surface area contributed by atoms with E-state index in [0.717, 1.165) is 23.6 Å². The number of likely N-dealkylation sites (N-methyl/N-ethyl adjacent to an activating group) is 1. The Balaban J connectivity index is 1.29. The molecule has 0 unspecified atom stereocenters. The molecule has 5 rings (SSSR count). The average molecular weight is 716 g/mol. The van der Waals surface area contributed by atoms with Gasteiger partial charge in [-0.1, -0.05) is 6.07 Å². The van der Waals surface area contributed by atoms with Crippen LogP contribution in [0.15, 0.2) is 30.3 Å². The highest BCUT2D eigenvalue weighted by molar-refractivity contribution is 5.96. The minimum Gasteiger partial charge on any atom is -0.481 e. The summed E-state index contributed by atoms with van der Waals surface area (Å²) < 4.78 is 26.0. The summed E-state index contributed by atoms with van der Waals surface area (Å²) in [5.41, 5.74) is -0.0685. The topological polar surface area (TPSA) is 193 Å². The van der Waals surface area contributed by atoms with Crippen LogP contribution in [0, 0.1) is 5.82 Å². The number of nitrogens with zero attached hydrogens (tertiary/aromatic N) is 6. The molecular formula is C33H42FN7O10. The van der Waals surface area contributed by atoms with Crippen LogP contribution in [0.1, 0.15) is 55.9 Å².